The van der Waals surface area contributed by atoms with Gasteiger partial charge in [0.05, 0.1) is 5.56 Å². The molecule has 0 aliphatic heterocycles. The van der Waals surface area contributed by atoms with E-state index in [2.05, 4.69) is 40.3 Å². The fourth-order valence-corrected chi connectivity index (χ4v) is 2.57. The molecule has 0 fully saturated rings. The number of nitrogens with one attached hydrogen (secondary N) is 1. The molecule has 2 rings (SSSR count). The Labute approximate surface area is 134 Å². The van der Waals surface area contributed by atoms with Crippen LogP contribution in [0.25, 0.3) is 0 Å². The second-order valence-electron chi connectivity index (χ2n) is 5.24. The highest BCUT2D eigenvalue weighted by Crippen LogP contribution is 2.20. The van der Waals surface area contributed by atoms with Gasteiger partial charge in [0.15, 0.2) is 0 Å². The molecule has 0 aromatic heterocycles. The summed E-state index contributed by atoms with van der Waals surface area (Å²) in [5.41, 5.74) is 3.86. The second kappa shape index (κ2) is 7.41. The third-order valence-electron chi connectivity index (χ3n) is 3.40. The normalized spacial score (nSPS) is 10.4. The molecule has 2 aromatic rings. The van der Waals surface area contributed by atoms with E-state index in [1.54, 1.807) is 0 Å². The minimum Gasteiger partial charge on any atom is -0.322 e. The monoisotopic (exact) mass is 345 g/mol. The van der Waals surface area contributed by atoms with Crippen LogP contribution in [0.5, 0.6) is 0 Å². The van der Waals surface area contributed by atoms with Crippen molar-refractivity contribution in [3.05, 3.63) is 63.6 Å². The zero-order valence-electron chi connectivity index (χ0n) is 12.4. The number of carbonyl (C=O) groups excluding carboxylic acids is 1. The van der Waals surface area contributed by atoms with Crippen molar-refractivity contribution in [3.63, 3.8) is 0 Å². The lowest BCUT2D eigenvalue weighted by Crippen LogP contribution is -2.12. The first-order chi connectivity index (χ1) is 10.1. The second-order valence-corrected chi connectivity index (χ2v) is 6.09. The first-order valence-electron chi connectivity index (χ1n) is 7.26. The molecule has 0 bridgehead atoms. The first kappa shape index (κ1) is 15.8. The van der Waals surface area contributed by atoms with Gasteiger partial charge < -0.3 is 5.32 Å². The molecule has 0 radical (unpaired) electrons. The van der Waals surface area contributed by atoms with Crippen molar-refractivity contribution in [1.82, 2.24) is 0 Å². The Morgan fingerprint density at radius 1 is 1.14 bits per heavy atom. The molecular weight excluding hydrogens is 326 g/mol. The van der Waals surface area contributed by atoms with Gasteiger partial charge in [0.25, 0.3) is 5.91 Å². The van der Waals surface area contributed by atoms with Crippen LogP contribution in [0.1, 0.15) is 41.3 Å². The molecule has 2 nitrogen and oxygen atoms in total. The fraction of sp³-hybridized carbons (Fsp3) is 0.278. The fourth-order valence-electron chi connectivity index (χ4n) is 2.15. The number of hydrogen-bond donors (Lipinski definition) is 1. The number of aryl methyl sites for hydroxylation is 2. The van der Waals surface area contributed by atoms with Gasteiger partial charge in [-0.25, -0.2) is 0 Å². The Morgan fingerprint density at radius 2 is 1.86 bits per heavy atom. The molecule has 0 saturated carbocycles. The first-order valence-corrected chi connectivity index (χ1v) is 8.06. The van der Waals surface area contributed by atoms with Crippen LogP contribution in [0.15, 0.2) is 46.9 Å². The van der Waals surface area contributed by atoms with Gasteiger partial charge in [0.2, 0.25) is 0 Å². The lowest BCUT2D eigenvalue weighted by Gasteiger charge is -2.08. The molecule has 0 saturated heterocycles. The minimum absolute atomic E-state index is 0.0908. The van der Waals surface area contributed by atoms with E-state index in [-0.39, 0.29) is 5.91 Å². The minimum atomic E-state index is -0.0908. The van der Waals surface area contributed by atoms with Crippen molar-refractivity contribution in [1.29, 1.82) is 0 Å². The van der Waals surface area contributed by atoms with Gasteiger partial charge in [-0.05, 0) is 65.5 Å². The van der Waals surface area contributed by atoms with Crippen molar-refractivity contribution in [2.24, 2.45) is 0 Å². The lowest BCUT2D eigenvalue weighted by atomic mass is 10.1. The predicted molar refractivity (Wildman–Crippen MR) is 91.9 cm³/mol. The van der Waals surface area contributed by atoms with Crippen LogP contribution in [0.2, 0.25) is 0 Å². The number of amides is 1. The van der Waals surface area contributed by atoms with Gasteiger partial charge in [0, 0.05) is 10.2 Å². The average Bonchev–Trinajstić information content (AvgIpc) is 2.49. The van der Waals surface area contributed by atoms with Crippen molar-refractivity contribution in [3.8, 4) is 0 Å². The highest BCUT2D eigenvalue weighted by molar-refractivity contribution is 9.10. The topological polar surface area (TPSA) is 29.1 Å². The highest BCUT2D eigenvalue weighted by Gasteiger charge is 2.10. The van der Waals surface area contributed by atoms with Gasteiger partial charge in [0.1, 0.15) is 0 Å². The predicted octanol–water partition coefficient (Wildman–Crippen LogP) is 5.35. The van der Waals surface area contributed by atoms with Gasteiger partial charge in [-0.15, -0.1) is 0 Å². The number of carbonyl (C=O) groups is 1. The molecule has 21 heavy (non-hydrogen) atoms. The standard InChI is InChI=1S/C18H20BrNO/c1-3-4-5-14-7-9-15(10-8-14)20-18(21)16-12-13(2)6-11-17(16)19/h6-12H,3-5H2,1-2H3,(H,20,21). The summed E-state index contributed by atoms with van der Waals surface area (Å²) in [4.78, 5) is 12.3. The number of benzene rings is 2. The van der Waals surface area contributed by atoms with E-state index in [4.69, 9.17) is 0 Å². The smallest absolute Gasteiger partial charge is 0.256 e. The maximum Gasteiger partial charge on any atom is 0.256 e. The van der Waals surface area contributed by atoms with Crippen LogP contribution < -0.4 is 5.32 Å². The van der Waals surface area contributed by atoms with Crippen LogP contribution in [-0.4, -0.2) is 5.91 Å². The van der Waals surface area contributed by atoms with E-state index in [0.29, 0.717) is 5.56 Å². The third-order valence-corrected chi connectivity index (χ3v) is 4.09. The van der Waals surface area contributed by atoms with Gasteiger partial charge in [-0.2, -0.15) is 0 Å². The molecular formula is C18H20BrNO. The van der Waals surface area contributed by atoms with E-state index in [1.165, 1.54) is 18.4 Å². The molecule has 1 amide bonds. The maximum atomic E-state index is 12.3. The zero-order valence-corrected chi connectivity index (χ0v) is 14.0. The molecule has 110 valence electrons. The van der Waals surface area contributed by atoms with Crippen molar-refractivity contribution < 1.29 is 4.79 Å². The van der Waals surface area contributed by atoms with E-state index in [9.17, 15) is 4.79 Å². The van der Waals surface area contributed by atoms with Crippen molar-refractivity contribution >= 4 is 27.5 Å². The molecule has 0 heterocycles. The van der Waals surface area contributed by atoms with Gasteiger partial charge in [-0.3, -0.25) is 4.79 Å². The van der Waals surface area contributed by atoms with Crippen LogP contribution >= 0.6 is 15.9 Å². The lowest BCUT2D eigenvalue weighted by molar-refractivity contribution is 0.102. The Bertz CT molecular complexity index is 620. The molecule has 0 atom stereocenters. The quantitative estimate of drug-likeness (QED) is 0.777. The van der Waals surface area contributed by atoms with Crippen molar-refractivity contribution in [2.45, 2.75) is 33.1 Å². The average molecular weight is 346 g/mol. The summed E-state index contributed by atoms with van der Waals surface area (Å²) >= 11 is 3.42. The summed E-state index contributed by atoms with van der Waals surface area (Å²) in [6.07, 6.45) is 3.48. The van der Waals surface area contributed by atoms with Crippen LogP contribution in [-0.2, 0) is 6.42 Å². The Kier molecular flexibility index (Phi) is 5.57. The Hall–Kier alpha value is -1.61. The van der Waals surface area contributed by atoms with Gasteiger partial charge >= 0.3 is 0 Å². The molecule has 0 aliphatic carbocycles. The van der Waals surface area contributed by atoms with Crippen LogP contribution in [0, 0.1) is 6.92 Å². The van der Waals surface area contributed by atoms with E-state index >= 15 is 0 Å². The number of halogens is 1. The molecule has 1 N–H and O–H groups in total. The molecule has 3 heteroatoms. The largest absolute Gasteiger partial charge is 0.322 e. The molecule has 2 aromatic carbocycles. The number of unbranched alkanes of at least 4 members (excludes halogenated alkanes) is 1. The Morgan fingerprint density at radius 3 is 2.52 bits per heavy atom. The number of anilines is 1. The highest BCUT2D eigenvalue weighted by atomic mass is 79.9. The van der Waals surface area contributed by atoms with Crippen molar-refractivity contribution in [2.75, 3.05) is 5.32 Å². The molecule has 0 spiro atoms. The summed E-state index contributed by atoms with van der Waals surface area (Å²) in [7, 11) is 0. The van der Waals surface area contributed by atoms with Crippen LogP contribution in [0.3, 0.4) is 0 Å². The molecule has 0 unspecified atom stereocenters. The third kappa shape index (κ3) is 4.43. The Balaban J connectivity index is 2.07. The summed E-state index contributed by atoms with van der Waals surface area (Å²) in [6, 6.07) is 13.9. The SMILES string of the molecule is CCCCc1ccc(NC(=O)c2cc(C)ccc2Br)cc1. The summed E-state index contributed by atoms with van der Waals surface area (Å²) < 4.78 is 0.810. The van der Waals surface area contributed by atoms with Crippen LogP contribution in [0.4, 0.5) is 5.69 Å². The number of hydrogen-bond acceptors (Lipinski definition) is 1. The summed E-state index contributed by atoms with van der Waals surface area (Å²) in [5, 5.41) is 2.94. The number of rotatable bonds is 5. The zero-order chi connectivity index (χ0) is 15.2. The van der Waals surface area contributed by atoms with E-state index in [1.807, 2.05) is 37.3 Å². The summed E-state index contributed by atoms with van der Waals surface area (Å²) in [5.74, 6) is -0.0908. The summed E-state index contributed by atoms with van der Waals surface area (Å²) in [6.45, 7) is 4.17. The maximum absolute atomic E-state index is 12.3. The van der Waals surface area contributed by atoms with Gasteiger partial charge in [-0.1, -0.05) is 37.1 Å². The van der Waals surface area contributed by atoms with E-state index in [0.717, 1.165) is 22.1 Å². The van der Waals surface area contributed by atoms with E-state index < -0.39 is 0 Å². The molecule has 0 aliphatic rings.